The first-order valence-corrected chi connectivity index (χ1v) is 4.91. The number of rotatable bonds is 1. The molecule has 0 N–H and O–H groups in total. The van der Waals surface area contributed by atoms with Crippen molar-refractivity contribution in [3.8, 4) is 0 Å². The molecule has 0 saturated carbocycles. The number of halogens is 4. The van der Waals surface area contributed by atoms with Gasteiger partial charge in [-0.25, -0.2) is 4.98 Å². The van der Waals surface area contributed by atoms with Crippen LogP contribution in [-0.2, 0) is 7.05 Å². The highest BCUT2D eigenvalue weighted by Crippen LogP contribution is 2.28. The Labute approximate surface area is 98.8 Å². The maximum atomic E-state index is 12.3. The number of nitrogens with zero attached hydrogens (tertiary/aromatic N) is 2. The number of hydrogen-bond donors (Lipinski definition) is 0. The summed E-state index contributed by atoms with van der Waals surface area (Å²) >= 11 is 5.64. The minimum absolute atomic E-state index is 0.138. The Bertz CT molecular complexity index is 603. The van der Waals surface area contributed by atoms with Crippen LogP contribution in [0.25, 0.3) is 11.0 Å². The highest BCUT2D eigenvalue weighted by atomic mass is 35.5. The van der Waals surface area contributed by atoms with Crippen molar-refractivity contribution in [1.29, 1.82) is 0 Å². The lowest BCUT2D eigenvalue weighted by atomic mass is 10.1. The lowest BCUT2D eigenvalue weighted by Gasteiger charge is -2.02. The molecule has 2 rings (SSSR count). The molecule has 0 saturated heterocycles. The fourth-order valence-electron chi connectivity index (χ4n) is 1.56. The predicted molar refractivity (Wildman–Crippen MR) is 56.1 cm³/mol. The van der Waals surface area contributed by atoms with Gasteiger partial charge in [0.2, 0.25) is 0 Å². The van der Waals surface area contributed by atoms with Crippen molar-refractivity contribution in [1.82, 2.24) is 9.55 Å². The van der Waals surface area contributed by atoms with Gasteiger partial charge >= 0.3 is 6.18 Å². The summed E-state index contributed by atoms with van der Waals surface area (Å²) in [6, 6.07) is 2.70. The second-order valence-corrected chi connectivity index (χ2v) is 3.87. The summed E-state index contributed by atoms with van der Waals surface area (Å²) in [5, 5.41) is 0.295. The van der Waals surface area contributed by atoms with Crippen LogP contribution in [-0.4, -0.2) is 21.5 Å². The fourth-order valence-corrected chi connectivity index (χ4v) is 1.71. The van der Waals surface area contributed by atoms with E-state index in [1.165, 1.54) is 23.7 Å². The maximum absolute atomic E-state index is 12.3. The molecule has 0 amide bonds. The zero-order chi connectivity index (χ0) is 12.8. The van der Waals surface area contributed by atoms with Gasteiger partial charge in [0.05, 0.1) is 5.56 Å². The molecule has 3 nitrogen and oxygen atoms in total. The largest absolute Gasteiger partial charge is 0.454 e. The van der Waals surface area contributed by atoms with Crippen molar-refractivity contribution in [3.63, 3.8) is 0 Å². The summed E-state index contributed by atoms with van der Waals surface area (Å²) in [7, 11) is 1.50. The van der Waals surface area contributed by atoms with Gasteiger partial charge in [0.25, 0.3) is 5.78 Å². The van der Waals surface area contributed by atoms with E-state index in [9.17, 15) is 18.0 Å². The summed E-state index contributed by atoms with van der Waals surface area (Å²) in [4.78, 5) is 15.0. The van der Waals surface area contributed by atoms with Gasteiger partial charge in [-0.05, 0) is 12.1 Å². The number of alkyl halides is 3. The molecule has 0 bridgehead atoms. The van der Waals surface area contributed by atoms with Crippen LogP contribution < -0.4 is 0 Å². The number of carbonyl (C=O) groups excluding carboxylic acids is 1. The Morgan fingerprint density at radius 3 is 2.65 bits per heavy atom. The molecule has 2 aromatic heterocycles. The Hall–Kier alpha value is -1.56. The van der Waals surface area contributed by atoms with E-state index >= 15 is 0 Å². The number of carbonyl (C=O) groups is 1. The van der Waals surface area contributed by atoms with E-state index in [2.05, 4.69) is 4.98 Å². The second-order valence-electron chi connectivity index (χ2n) is 3.49. The topological polar surface area (TPSA) is 34.9 Å². The Balaban J connectivity index is 2.68. The highest BCUT2D eigenvalue weighted by molar-refractivity contribution is 6.29. The van der Waals surface area contributed by atoms with Crippen LogP contribution in [0.2, 0.25) is 5.15 Å². The molecule has 0 aliphatic rings. The predicted octanol–water partition coefficient (Wildman–Crippen LogP) is 2.97. The molecule has 90 valence electrons. The Morgan fingerprint density at radius 2 is 2.06 bits per heavy atom. The second kappa shape index (κ2) is 3.73. The molecule has 0 atom stereocenters. The number of pyridine rings is 1. The Kier molecular flexibility index (Phi) is 2.61. The third-order valence-electron chi connectivity index (χ3n) is 2.29. The number of hydrogen-bond acceptors (Lipinski definition) is 2. The smallest absolute Gasteiger partial charge is 0.335 e. The van der Waals surface area contributed by atoms with Gasteiger partial charge in [-0.3, -0.25) is 4.79 Å². The summed E-state index contributed by atoms with van der Waals surface area (Å²) < 4.78 is 38.4. The SMILES string of the molecule is Cn1cc(C(=O)C(F)(F)F)c2ccc(Cl)nc21. The fraction of sp³-hybridized carbons (Fsp3) is 0.200. The lowest BCUT2D eigenvalue weighted by Crippen LogP contribution is -2.22. The molecule has 0 fully saturated rings. The maximum Gasteiger partial charge on any atom is 0.454 e. The van der Waals surface area contributed by atoms with Gasteiger partial charge in [0.1, 0.15) is 10.8 Å². The lowest BCUT2D eigenvalue weighted by molar-refractivity contribution is -0.0884. The quantitative estimate of drug-likeness (QED) is 0.585. The summed E-state index contributed by atoms with van der Waals surface area (Å²) in [5.74, 6) is -1.88. The third-order valence-corrected chi connectivity index (χ3v) is 2.50. The van der Waals surface area contributed by atoms with Gasteiger partial charge < -0.3 is 4.57 Å². The van der Waals surface area contributed by atoms with Gasteiger partial charge in [-0.2, -0.15) is 13.2 Å². The average molecular weight is 263 g/mol. The van der Waals surface area contributed by atoms with Gasteiger partial charge in [-0.1, -0.05) is 11.6 Å². The molecule has 0 aliphatic carbocycles. The Morgan fingerprint density at radius 1 is 1.41 bits per heavy atom. The minimum atomic E-state index is -4.89. The zero-order valence-electron chi connectivity index (χ0n) is 8.55. The van der Waals surface area contributed by atoms with Crippen LogP contribution in [0.15, 0.2) is 18.3 Å². The normalized spacial score (nSPS) is 12.1. The third kappa shape index (κ3) is 2.00. The van der Waals surface area contributed by atoms with E-state index in [0.717, 1.165) is 6.20 Å². The first kappa shape index (κ1) is 11.9. The van der Waals surface area contributed by atoms with Gasteiger partial charge in [-0.15, -0.1) is 0 Å². The number of ketones is 1. The van der Waals surface area contributed by atoms with Gasteiger partial charge in [0, 0.05) is 18.6 Å². The minimum Gasteiger partial charge on any atom is -0.335 e. The molecule has 0 unspecified atom stereocenters. The van der Waals surface area contributed by atoms with Crippen LogP contribution in [0.4, 0.5) is 13.2 Å². The summed E-state index contributed by atoms with van der Waals surface area (Å²) in [6.45, 7) is 0. The highest BCUT2D eigenvalue weighted by Gasteiger charge is 2.40. The average Bonchev–Trinajstić information content (AvgIpc) is 2.53. The number of Topliss-reactive ketones (excluding diaryl/α,β-unsaturated/α-hetero) is 1. The summed E-state index contributed by atoms with van der Waals surface area (Å²) in [6.07, 6.45) is -3.79. The van der Waals surface area contributed by atoms with E-state index in [1.807, 2.05) is 0 Å². The first-order chi connectivity index (χ1) is 7.80. The van der Waals surface area contributed by atoms with Crippen molar-refractivity contribution in [2.45, 2.75) is 6.18 Å². The van der Waals surface area contributed by atoms with Gasteiger partial charge in [0.15, 0.2) is 0 Å². The van der Waals surface area contributed by atoms with Crippen LogP contribution in [0.3, 0.4) is 0 Å². The number of fused-ring (bicyclic) bond motifs is 1. The molecule has 0 aliphatic heterocycles. The zero-order valence-corrected chi connectivity index (χ0v) is 9.30. The van der Waals surface area contributed by atoms with Crippen LogP contribution in [0.1, 0.15) is 10.4 Å². The molecule has 2 heterocycles. The van der Waals surface area contributed by atoms with Crippen molar-refractivity contribution >= 4 is 28.4 Å². The molecular weight excluding hydrogens is 257 g/mol. The number of aryl methyl sites for hydroxylation is 1. The van der Waals surface area contributed by atoms with E-state index in [4.69, 9.17) is 11.6 Å². The molecular formula is C10H6ClF3N2O. The van der Waals surface area contributed by atoms with E-state index in [0.29, 0.717) is 0 Å². The van der Waals surface area contributed by atoms with Crippen molar-refractivity contribution in [2.24, 2.45) is 7.05 Å². The molecule has 7 heteroatoms. The first-order valence-electron chi connectivity index (χ1n) is 4.54. The molecule has 0 aromatic carbocycles. The van der Waals surface area contributed by atoms with E-state index in [-0.39, 0.29) is 16.2 Å². The van der Waals surface area contributed by atoms with Crippen molar-refractivity contribution < 1.29 is 18.0 Å². The van der Waals surface area contributed by atoms with E-state index < -0.39 is 17.5 Å². The van der Waals surface area contributed by atoms with Crippen LogP contribution >= 0.6 is 11.6 Å². The molecule has 0 radical (unpaired) electrons. The summed E-state index contributed by atoms with van der Waals surface area (Å²) in [5.41, 5.74) is -0.177. The molecule has 0 spiro atoms. The van der Waals surface area contributed by atoms with Crippen LogP contribution in [0, 0.1) is 0 Å². The van der Waals surface area contributed by atoms with Crippen LogP contribution in [0.5, 0.6) is 0 Å². The number of aromatic nitrogens is 2. The van der Waals surface area contributed by atoms with E-state index in [1.54, 1.807) is 0 Å². The monoisotopic (exact) mass is 262 g/mol. The van der Waals surface area contributed by atoms with Crippen molar-refractivity contribution in [3.05, 3.63) is 29.0 Å². The van der Waals surface area contributed by atoms with Crippen molar-refractivity contribution in [2.75, 3.05) is 0 Å². The molecule has 2 aromatic rings. The molecule has 17 heavy (non-hydrogen) atoms. The standard InChI is InChI=1S/C10H6ClF3N2O/c1-16-4-6(8(17)10(12,13)14)5-2-3-7(11)15-9(5)16/h2-4H,1H3.